The van der Waals surface area contributed by atoms with Gasteiger partial charge in [0.15, 0.2) is 0 Å². The molecule has 0 fully saturated rings. The molecule has 1 aliphatic rings. The van der Waals surface area contributed by atoms with Gasteiger partial charge in [-0.2, -0.15) is 10.1 Å². The van der Waals surface area contributed by atoms with E-state index < -0.39 is 0 Å². The van der Waals surface area contributed by atoms with E-state index in [0.717, 1.165) is 16.8 Å². The first-order valence-corrected chi connectivity index (χ1v) is 7.09. The van der Waals surface area contributed by atoms with Gasteiger partial charge >= 0.3 is 0 Å². The molecule has 0 amide bonds. The highest BCUT2D eigenvalue weighted by Gasteiger charge is 2.25. The van der Waals surface area contributed by atoms with Gasteiger partial charge in [0.2, 0.25) is 5.95 Å². The smallest absolute Gasteiger partial charge is 0.222 e. The second kappa shape index (κ2) is 5.18. The maximum atomic E-state index is 13.1. The van der Waals surface area contributed by atoms with Gasteiger partial charge in [-0.1, -0.05) is 42.5 Å². The summed E-state index contributed by atoms with van der Waals surface area (Å²) in [5.41, 5.74) is 2.97. The molecule has 2 heterocycles. The van der Waals surface area contributed by atoms with Crippen LogP contribution in [0, 0.1) is 5.82 Å². The van der Waals surface area contributed by atoms with Crippen molar-refractivity contribution in [1.82, 2.24) is 14.8 Å². The quantitative estimate of drug-likeness (QED) is 0.725. The van der Waals surface area contributed by atoms with E-state index >= 15 is 0 Å². The molecule has 1 unspecified atom stereocenters. The number of aliphatic imine (C=N–C) groups is 1. The van der Waals surface area contributed by atoms with Crippen LogP contribution >= 0.6 is 0 Å². The number of rotatable bonds is 2. The minimum Gasteiger partial charge on any atom is -0.222 e. The van der Waals surface area contributed by atoms with Gasteiger partial charge in [0, 0.05) is 6.42 Å². The summed E-state index contributed by atoms with van der Waals surface area (Å²) in [6.07, 6.45) is 2.22. The molecule has 0 spiro atoms. The minimum atomic E-state index is -0.247. The van der Waals surface area contributed by atoms with E-state index in [0.29, 0.717) is 12.4 Å². The molecule has 0 aliphatic carbocycles. The fourth-order valence-corrected chi connectivity index (χ4v) is 2.74. The van der Waals surface area contributed by atoms with Gasteiger partial charge in [-0.15, -0.1) is 0 Å². The maximum Gasteiger partial charge on any atom is 0.248 e. The zero-order valence-corrected chi connectivity index (χ0v) is 11.7. The van der Waals surface area contributed by atoms with Gasteiger partial charge in [0.05, 0.1) is 11.8 Å². The third-order valence-corrected chi connectivity index (χ3v) is 3.83. The Morgan fingerprint density at radius 2 is 1.77 bits per heavy atom. The number of halogens is 1. The molecule has 4 nitrogen and oxygen atoms in total. The standard InChI is InChI=1S/C17H13FN4/c18-14-8-6-12(7-9-14)15-10-16(13-4-2-1-3-5-13)22-17(21-15)19-11-20-22/h1-9,11,16H,10H2. The number of fused-ring (bicyclic) bond motifs is 1. The molecule has 1 aliphatic heterocycles. The third-order valence-electron chi connectivity index (χ3n) is 3.83. The van der Waals surface area contributed by atoms with Crippen molar-refractivity contribution >= 4 is 11.7 Å². The summed E-state index contributed by atoms with van der Waals surface area (Å²) >= 11 is 0. The molecule has 5 heteroatoms. The summed E-state index contributed by atoms with van der Waals surface area (Å²) in [7, 11) is 0. The van der Waals surface area contributed by atoms with E-state index in [4.69, 9.17) is 0 Å². The van der Waals surface area contributed by atoms with E-state index in [1.54, 1.807) is 12.1 Å². The normalized spacial score (nSPS) is 17.0. The van der Waals surface area contributed by atoms with Gasteiger partial charge in [0.25, 0.3) is 0 Å². The van der Waals surface area contributed by atoms with Crippen molar-refractivity contribution < 1.29 is 4.39 Å². The SMILES string of the molecule is Fc1ccc(C2=Nc3ncnn3C(c3ccccc3)C2)cc1. The van der Waals surface area contributed by atoms with Crippen LogP contribution < -0.4 is 0 Å². The highest BCUT2D eigenvalue weighted by atomic mass is 19.1. The lowest BCUT2D eigenvalue weighted by Gasteiger charge is -2.23. The Bertz CT molecular complexity index is 821. The van der Waals surface area contributed by atoms with Crippen LogP contribution in [0.15, 0.2) is 65.9 Å². The molecule has 0 saturated carbocycles. The van der Waals surface area contributed by atoms with Crippen LogP contribution in [0.3, 0.4) is 0 Å². The molecule has 0 bridgehead atoms. The summed E-state index contributed by atoms with van der Waals surface area (Å²) in [6, 6.07) is 16.6. The van der Waals surface area contributed by atoms with E-state index in [-0.39, 0.29) is 11.9 Å². The Morgan fingerprint density at radius 1 is 1.00 bits per heavy atom. The van der Waals surface area contributed by atoms with Crippen molar-refractivity contribution in [1.29, 1.82) is 0 Å². The summed E-state index contributed by atoms with van der Waals surface area (Å²) in [6.45, 7) is 0. The fourth-order valence-electron chi connectivity index (χ4n) is 2.74. The summed E-state index contributed by atoms with van der Waals surface area (Å²) in [5.74, 6) is 0.336. The predicted octanol–water partition coefficient (Wildman–Crippen LogP) is 3.53. The maximum absolute atomic E-state index is 13.1. The van der Waals surface area contributed by atoms with Gasteiger partial charge in [-0.3, -0.25) is 0 Å². The van der Waals surface area contributed by atoms with Crippen molar-refractivity contribution in [2.24, 2.45) is 4.99 Å². The summed E-state index contributed by atoms with van der Waals surface area (Å²) < 4.78 is 15.0. The zero-order chi connectivity index (χ0) is 14.9. The highest BCUT2D eigenvalue weighted by molar-refractivity contribution is 6.02. The Labute approximate surface area is 127 Å². The Balaban J connectivity index is 1.78. The molecule has 0 N–H and O–H groups in total. The molecule has 1 atom stereocenters. The highest BCUT2D eigenvalue weighted by Crippen LogP contribution is 2.31. The van der Waals surface area contributed by atoms with Crippen LogP contribution in [0.5, 0.6) is 0 Å². The number of aromatic nitrogens is 3. The van der Waals surface area contributed by atoms with Crippen LogP contribution in [0.4, 0.5) is 10.3 Å². The van der Waals surface area contributed by atoms with Gasteiger partial charge in [-0.25, -0.2) is 14.1 Å². The molecular weight excluding hydrogens is 279 g/mol. The number of nitrogens with zero attached hydrogens (tertiary/aromatic N) is 4. The van der Waals surface area contributed by atoms with Crippen LogP contribution in [0.1, 0.15) is 23.6 Å². The van der Waals surface area contributed by atoms with Crippen molar-refractivity contribution in [2.75, 3.05) is 0 Å². The van der Waals surface area contributed by atoms with Crippen molar-refractivity contribution in [3.8, 4) is 0 Å². The van der Waals surface area contributed by atoms with Crippen LogP contribution in [-0.4, -0.2) is 20.5 Å². The number of hydrogen-bond acceptors (Lipinski definition) is 3. The largest absolute Gasteiger partial charge is 0.248 e. The first-order chi connectivity index (χ1) is 10.8. The van der Waals surface area contributed by atoms with E-state index in [9.17, 15) is 4.39 Å². The molecule has 108 valence electrons. The molecule has 22 heavy (non-hydrogen) atoms. The van der Waals surface area contributed by atoms with Gasteiger partial charge in [0.1, 0.15) is 12.1 Å². The molecule has 2 aromatic carbocycles. The average Bonchev–Trinajstić information content (AvgIpc) is 3.04. The topological polar surface area (TPSA) is 43.1 Å². The third kappa shape index (κ3) is 2.20. The zero-order valence-electron chi connectivity index (χ0n) is 11.7. The lowest BCUT2D eigenvalue weighted by molar-refractivity contribution is 0.531. The first-order valence-electron chi connectivity index (χ1n) is 7.09. The Hall–Kier alpha value is -2.82. The lowest BCUT2D eigenvalue weighted by atomic mass is 9.96. The fraction of sp³-hybridized carbons (Fsp3) is 0.118. The first kappa shape index (κ1) is 12.9. The molecule has 0 radical (unpaired) electrons. The van der Waals surface area contributed by atoms with E-state index in [1.165, 1.54) is 18.5 Å². The summed E-state index contributed by atoms with van der Waals surface area (Å²) in [5, 5.41) is 4.30. The molecule has 1 aromatic heterocycles. The van der Waals surface area contributed by atoms with Crippen molar-refractivity contribution in [3.05, 3.63) is 77.9 Å². The Kier molecular flexibility index (Phi) is 3.04. The van der Waals surface area contributed by atoms with Crippen LogP contribution in [0.2, 0.25) is 0 Å². The van der Waals surface area contributed by atoms with Crippen molar-refractivity contribution in [3.63, 3.8) is 0 Å². The average molecular weight is 292 g/mol. The monoisotopic (exact) mass is 292 g/mol. The van der Waals surface area contributed by atoms with Crippen molar-refractivity contribution in [2.45, 2.75) is 12.5 Å². The van der Waals surface area contributed by atoms with E-state index in [1.807, 2.05) is 22.9 Å². The molecular formula is C17H13FN4. The second-order valence-corrected chi connectivity index (χ2v) is 5.20. The summed E-state index contributed by atoms with van der Waals surface area (Å²) in [4.78, 5) is 8.78. The van der Waals surface area contributed by atoms with Gasteiger partial charge in [-0.05, 0) is 23.3 Å². The van der Waals surface area contributed by atoms with Gasteiger partial charge < -0.3 is 0 Å². The van der Waals surface area contributed by atoms with E-state index in [2.05, 4.69) is 27.2 Å². The second-order valence-electron chi connectivity index (χ2n) is 5.20. The van der Waals surface area contributed by atoms with Crippen LogP contribution in [-0.2, 0) is 0 Å². The number of benzene rings is 2. The lowest BCUT2D eigenvalue weighted by Crippen LogP contribution is -2.21. The Morgan fingerprint density at radius 3 is 2.55 bits per heavy atom. The predicted molar refractivity (Wildman–Crippen MR) is 81.8 cm³/mol. The molecule has 3 aromatic rings. The minimum absolute atomic E-state index is 0.0521. The number of hydrogen-bond donors (Lipinski definition) is 0. The van der Waals surface area contributed by atoms with Crippen LogP contribution in [0.25, 0.3) is 0 Å². The molecule has 4 rings (SSSR count). The molecule has 0 saturated heterocycles.